The van der Waals surface area contributed by atoms with Gasteiger partial charge in [-0.25, -0.2) is 4.79 Å². The van der Waals surface area contributed by atoms with Crippen LogP contribution in [0.1, 0.15) is 12.5 Å². The molecule has 0 saturated carbocycles. The highest BCUT2D eigenvalue weighted by molar-refractivity contribution is 14.1. The lowest BCUT2D eigenvalue weighted by molar-refractivity contribution is 0.168. The van der Waals surface area contributed by atoms with E-state index in [0.29, 0.717) is 17.3 Å². The second-order valence-electron chi connectivity index (χ2n) is 2.93. The van der Waals surface area contributed by atoms with Crippen LogP contribution >= 0.6 is 34.2 Å². The van der Waals surface area contributed by atoms with Crippen molar-refractivity contribution in [2.75, 3.05) is 11.9 Å². The first kappa shape index (κ1) is 12.6. The van der Waals surface area contributed by atoms with E-state index in [4.69, 9.17) is 16.3 Å². The molecule has 1 aromatic rings. The Morgan fingerprint density at radius 2 is 2.27 bits per heavy atom. The third kappa shape index (κ3) is 3.53. The van der Waals surface area contributed by atoms with Gasteiger partial charge in [-0.1, -0.05) is 11.6 Å². The Labute approximate surface area is 107 Å². The molecule has 1 rings (SSSR count). The van der Waals surface area contributed by atoms with E-state index in [1.165, 1.54) is 0 Å². The number of aryl methyl sites for hydroxylation is 1. The van der Waals surface area contributed by atoms with Crippen molar-refractivity contribution in [1.29, 1.82) is 0 Å². The van der Waals surface area contributed by atoms with Crippen molar-refractivity contribution in [1.82, 2.24) is 0 Å². The highest BCUT2D eigenvalue weighted by Crippen LogP contribution is 2.26. The number of anilines is 1. The number of halogens is 2. The van der Waals surface area contributed by atoms with E-state index < -0.39 is 6.09 Å². The van der Waals surface area contributed by atoms with Gasteiger partial charge < -0.3 is 4.74 Å². The smallest absolute Gasteiger partial charge is 0.411 e. The van der Waals surface area contributed by atoms with Crippen molar-refractivity contribution in [3.8, 4) is 0 Å². The molecule has 1 aromatic carbocycles. The Morgan fingerprint density at radius 1 is 1.60 bits per heavy atom. The number of nitrogens with one attached hydrogen (secondary N) is 1. The molecule has 0 fully saturated rings. The van der Waals surface area contributed by atoms with Crippen LogP contribution in [0.3, 0.4) is 0 Å². The zero-order valence-electron chi connectivity index (χ0n) is 8.43. The molecule has 0 saturated heterocycles. The summed E-state index contributed by atoms with van der Waals surface area (Å²) < 4.78 is 5.71. The van der Waals surface area contributed by atoms with Crippen LogP contribution in [0, 0.1) is 10.5 Å². The van der Waals surface area contributed by atoms with Crippen LogP contribution < -0.4 is 5.32 Å². The molecule has 0 heterocycles. The molecular weight excluding hydrogens is 328 g/mol. The molecule has 0 aliphatic carbocycles. The summed E-state index contributed by atoms with van der Waals surface area (Å²) in [5.74, 6) is 0. The lowest BCUT2D eigenvalue weighted by Gasteiger charge is -2.09. The van der Waals surface area contributed by atoms with Gasteiger partial charge in [-0.05, 0) is 54.1 Å². The van der Waals surface area contributed by atoms with Crippen LogP contribution in [-0.2, 0) is 4.74 Å². The lowest BCUT2D eigenvalue weighted by atomic mass is 10.2. The molecule has 0 aromatic heterocycles. The average molecular weight is 340 g/mol. The summed E-state index contributed by atoms with van der Waals surface area (Å²) in [5.41, 5.74) is 1.65. The molecule has 0 spiro atoms. The molecule has 1 amide bonds. The van der Waals surface area contributed by atoms with E-state index in [1.807, 2.05) is 13.0 Å². The number of hydrogen-bond donors (Lipinski definition) is 1. The van der Waals surface area contributed by atoms with Crippen LogP contribution in [0.15, 0.2) is 12.1 Å². The Morgan fingerprint density at radius 3 is 2.87 bits per heavy atom. The van der Waals surface area contributed by atoms with Gasteiger partial charge in [0.2, 0.25) is 0 Å². The maximum absolute atomic E-state index is 11.2. The highest BCUT2D eigenvalue weighted by Gasteiger charge is 2.07. The SMILES string of the molecule is CCOC(=O)Nc1cc(Cl)c(C)cc1I. The molecule has 3 nitrogen and oxygen atoms in total. The molecule has 0 bridgehead atoms. The molecule has 5 heteroatoms. The van der Waals surface area contributed by atoms with Crippen LogP contribution in [0.5, 0.6) is 0 Å². The van der Waals surface area contributed by atoms with Gasteiger partial charge in [0.15, 0.2) is 0 Å². The fraction of sp³-hybridized carbons (Fsp3) is 0.300. The number of rotatable bonds is 2. The van der Waals surface area contributed by atoms with Gasteiger partial charge in [-0.2, -0.15) is 0 Å². The van der Waals surface area contributed by atoms with Crippen LogP contribution in [0.2, 0.25) is 5.02 Å². The number of carbonyl (C=O) groups excluding carboxylic acids is 1. The predicted molar refractivity (Wildman–Crippen MR) is 69.6 cm³/mol. The summed E-state index contributed by atoms with van der Waals surface area (Å²) in [6.45, 7) is 4.02. The van der Waals surface area contributed by atoms with Crippen molar-refractivity contribution in [3.05, 3.63) is 26.3 Å². The van der Waals surface area contributed by atoms with Crippen molar-refractivity contribution in [2.45, 2.75) is 13.8 Å². The third-order valence-electron chi connectivity index (χ3n) is 1.76. The summed E-state index contributed by atoms with van der Waals surface area (Å²) in [6, 6.07) is 3.63. The summed E-state index contributed by atoms with van der Waals surface area (Å²) in [7, 11) is 0. The van der Waals surface area contributed by atoms with Crippen LogP contribution in [0.4, 0.5) is 10.5 Å². The predicted octanol–water partition coefficient (Wildman–Crippen LogP) is 3.82. The summed E-state index contributed by atoms with van der Waals surface area (Å²) in [5, 5.41) is 3.25. The number of benzene rings is 1. The molecular formula is C10H11ClINO2. The lowest BCUT2D eigenvalue weighted by Crippen LogP contribution is -2.14. The third-order valence-corrected chi connectivity index (χ3v) is 3.06. The first-order chi connectivity index (χ1) is 7.04. The highest BCUT2D eigenvalue weighted by atomic mass is 127. The second kappa shape index (κ2) is 5.55. The first-order valence-electron chi connectivity index (χ1n) is 4.44. The molecule has 0 radical (unpaired) electrons. The molecule has 0 aliphatic rings. The van der Waals surface area contributed by atoms with Gasteiger partial charge in [0, 0.05) is 8.59 Å². The van der Waals surface area contributed by atoms with E-state index in [9.17, 15) is 4.79 Å². The van der Waals surface area contributed by atoms with Gasteiger partial charge in [0.1, 0.15) is 0 Å². The quantitative estimate of drug-likeness (QED) is 0.832. The Kier molecular flexibility index (Phi) is 4.66. The van der Waals surface area contributed by atoms with Crippen molar-refractivity contribution in [3.63, 3.8) is 0 Å². The van der Waals surface area contributed by atoms with E-state index in [2.05, 4.69) is 27.9 Å². The minimum atomic E-state index is -0.463. The minimum Gasteiger partial charge on any atom is -0.450 e. The second-order valence-corrected chi connectivity index (χ2v) is 4.50. The maximum atomic E-state index is 11.2. The van der Waals surface area contributed by atoms with Crippen LogP contribution in [-0.4, -0.2) is 12.7 Å². The fourth-order valence-corrected chi connectivity index (χ4v) is 1.94. The molecule has 15 heavy (non-hydrogen) atoms. The first-order valence-corrected chi connectivity index (χ1v) is 5.89. The summed E-state index contributed by atoms with van der Waals surface area (Å²) in [4.78, 5) is 11.2. The molecule has 1 N–H and O–H groups in total. The van der Waals surface area contributed by atoms with E-state index in [1.54, 1.807) is 13.0 Å². The topological polar surface area (TPSA) is 38.3 Å². The maximum Gasteiger partial charge on any atom is 0.411 e. The van der Waals surface area contributed by atoms with Crippen molar-refractivity contribution in [2.24, 2.45) is 0 Å². The van der Waals surface area contributed by atoms with Gasteiger partial charge in [-0.15, -0.1) is 0 Å². The Balaban J connectivity index is 2.86. The average Bonchev–Trinajstić information content (AvgIpc) is 2.14. The van der Waals surface area contributed by atoms with Crippen molar-refractivity contribution < 1.29 is 9.53 Å². The van der Waals surface area contributed by atoms with Gasteiger partial charge in [0.05, 0.1) is 12.3 Å². The summed E-state index contributed by atoms with van der Waals surface area (Å²) >= 11 is 8.09. The van der Waals surface area contributed by atoms with Crippen LogP contribution in [0.25, 0.3) is 0 Å². The normalized spacial score (nSPS) is 9.87. The number of hydrogen-bond acceptors (Lipinski definition) is 2. The standard InChI is InChI=1S/C10H11ClINO2/c1-3-15-10(14)13-9-5-7(11)6(2)4-8(9)12/h4-5H,3H2,1-2H3,(H,13,14). The number of carbonyl (C=O) groups is 1. The largest absolute Gasteiger partial charge is 0.450 e. The Hall–Kier alpha value is -0.490. The van der Waals surface area contributed by atoms with E-state index in [-0.39, 0.29) is 0 Å². The zero-order valence-corrected chi connectivity index (χ0v) is 11.3. The Bertz CT molecular complexity index is 382. The number of ether oxygens (including phenoxy) is 1. The number of amides is 1. The van der Waals surface area contributed by atoms with E-state index in [0.717, 1.165) is 9.13 Å². The molecule has 0 atom stereocenters. The fourth-order valence-electron chi connectivity index (χ4n) is 1.02. The van der Waals surface area contributed by atoms with E-state index >= 15 is 0 Å². The summed E-state index contributed by atoms with van der Waals surface area (Å²) in [6.07, 6.45) is -0.463. The molecule has 0 unspecified atom stereocenters. The van der Waals surface area contributed by atoms with Gasteiger partial charge in [-0.3, -0.25) is 5.32 Å². The van der Waals surface area contributed by atoms with Crippen molar-refractivity contribution >= 4 is 46.0 Å². The van der Waals surface area contributed by atoms with Gasteiger partial charge >= 0.3 is 6.09 Å². The zero-order chi connectivity index (χ0) is 11.4. The van der Waals surface area contributed by atoms with Gasteiger partial charge in [0.25, 0.3) is 0 Å². The monoisotopic (exact) mass is 339 g/mol. The molecule has 0 aliphatic heterocycles. The minimum absolute atomic E-state index is 0.349. The molecule has 82 valence electrons.